The molecule has 3 atom stereocenters. The van der Waals surface area contributed by atoms with E-state index in [9.17, 15) is 0 Å². The van der Waals surface area contributed by atoms with Gasteiger partial charge in [0, 0.05) is 50.2 Å². The summed E-state index contributed by atoms with van der Waals surface area (Å²) in [7, 11) is 0. The highest BCUT2D eigenvalue weighted by molar-refractivity contribution is 8.03. The van der Waals surface area contributed by atoms with Crippen molar-refractivity contribution in [3.8, 4) is 0 Å². The SMILES string of the molecule is O=C(OC(c1ccccc1)c1ccccc1)C1=C(Sc2cccnc2CSC2CCNC2)CC[C@@H]2[C@H](NC(=O)/C(=N\OC(c3ccccc3)(c3ccccc3)c3ccccc3)c3nc(NC(c4ccccc4)(c4ccccc4)c4ccccc4)sc3Cl)C(=O)N12. The fourth-order valence-electron chi connectivity index (χ4n) is 12.2. The Kier molecular flexibility index (Phi) is 18.2. The predicted molar refractivity (Wildman–Crippen MR) is 359 cm³/mol. The summed E-state index contributed by atoms with van der Waals surface area (Å²) in [6.45, 7) is 1.92. The first-order valence-electron chi connectivity index (χ1n) is 29.9. The molecule has 5 heterocycles. The maximum Gasteiger partial charge on any atom is 0.356 e. The zero-order valence-electron chi connectivity index (χ0n) is 48.8. The van der Waals surface area contributed by atoms with Gasteiger partial charge in [-0.1, -0.05) is 283 Å². The third-order valence-electron chi connectivity index (χ3n) is 16.6. The van der Waals surface area contributed by atoms with Gasteiger partial charge in [-0.2, -0.15) is 11.8 Å². The van der Waals surface area contributed by atoms with Crippen LogP contribution < -0.4 is 16.0 Å². The number of allylic oxidation sites excluding steroid dienone is 1. The van der Waals surface area contributed by atoms with E-state index >= 15 is 14.4 Å². The Morgan fingerprint density at radius 3 is 1.67 bits per heavy atom. The van der Waals surface area contributed by atoms with Crippen LogP contribution in [0.15, 0.2) is 282 Å². The van der Waals surface area contributed by atoms with Crippen molar-refractivity contribution in [2.24, 2.45) is 5.16 Å². The van der Waals surface area contributed by atoms with Gasteiger partial charge in [-0.25, -0.2) is 9.78 Å². The number of carbonyl (C=O) groups is 3. The smallest absolute Gasteiger partial charge is 0.356 e. The van der Waals surface area contributed by atoms with Crippen molar-refractivity contribution in [3.05, 3.63) is 332 Å². The predicted octanol–water partition coefficient (Wildman–Crippen LogP) is 14.7. The number of aromatic nitrogens is 2. The number of hydrogen-bond donors (Lipinski definition) is 3. The molecule has 12 nitrogen and oxygen atoms in total. The number of hydrogen-bond acceptors (Lipinski definition) is 13. The van der Waals surface area contributed by atoms with E-state index in [4.69, 9.17) is 36.3 Å². The van der Waals surface area contributed by atoms with Crippen molar-refractivity contribution in [1.82, 2.24) is 25.5 Å². The number of halogens is 1. The topological polar surface area (TPSA) is 147 Å². The molecule has 2 aromatic heterocycles. The molecule has 16 heteroatoms. The van der Waals surface area contributed by atoms with Crippen LogP contribution >= 0.6 is 46.5 Å². The van der Waals surface area contributed by atoms with Gasteiger partial charge in [0.15, 0.2) is 16.9 Å². The van der Waals surface area contributed by atoms with Gasteiger partial charge >= 0.3 is 5.97 Å². The van der Waals surface area contributed by atoms with Crippen LogP contribution in [-0.4, -0.2) is 68.8 Å². The molecule has 2 saturated heterocycles. The number of thiazole rings is 1. The normalized spacial score (nSPS) is 16.7. The summed E-state index contributed by atoms with van der Waals surface area (Å²) >= 11 is 11.9. The average Bonchev–Trinajstić information content (AvgIpc) is 0.942. The fourth-order valence-corrected chi connectivity index (χ4v) is 15.7. The lowest BCUT2D eigenvalue weighted by atomic mass is 9.77. The number of rotatable bonds is 22. The first kappa shape index (κ1) is 59.9. The first-order chi connectivity index (χ1) is 44.3. The number of nitrogens with zero attached hydrogens (tertiary/aromatic N) is 4. The number of β-lactam (4-membered cyclic amide) rings is 1. The van der Waals surface area contributed by atoms with Crippen LogP contribution in [0.4, 0.5) is 5.13 Å². The molecular formula is C74H62ClN7O5S3. The molecule has 13 rings (SSSR count). The molecular weight excluding hydrogens is 1200 g/mol. The van der Waals surface area contributed by atoms with Gasteiger partial charge in [0.25, 0.3) is 11.8 Å². The van der Waals surface area contributed by atoms with Crippen molar-refractivity contribution < 1.29 is 24.0 Å². The second kappa shape index (κ2) is 27.3. The lowest BCUT2D eigenvalue weighted by Crippen LogP contribution is -2.72. The lowest BCUT2D eigenvalue weighted by molar-refractivity contribution is -0.158. The fraction of sp³-hybridized carbons (Fsp3) is 0.162. The molecule has 3 aliphatic rings. The van der Waals surface area contributed by atoms with E-state index in [1.807, 2.05) is 230 Å². The van der Waals surface area contributed by atoms with Crippen LogP contribution in [0.25, 0.3) is 0 Å². The minimum atomic E-state index is -1.43. The number of nitrogens with one attached hydrogen (secondary N) is 3. The van der Waals surface area contributed by atoms with Crippen molar-refractivity contribution in [1.29, 1.82) is 0 Å². The molecule has 0 bridgehead atoms. The Hall–Kier alpha value is -9.09. The molecule has 0 radical (unpaired) electrons. The van der Waals surface area contributed by atoms with E-state index < -0.39 is 47.1 Å². The Morgan fingerprint density at radius 2 is 1.17 bits per heavy atom. The molecule has 2 amide bonds. The summed E-state index contributed by atoms with van der Waals surface area (Å²) in [6, 6.07) is 80.7. The lowest BCUT2D eigenvalue weighted by Gasteiger charge is -2.50. The van der Waals surface area contributed by atoms with Crippen LogP contribution in [0.1, 0.15) is 81.3 Å². The van der Waals surface area contributed by atoms with Crippen LogP contribution in [0.5, 0.6) is 0 Å². The van der Waals surface area contributed by atoms with Crippen molar-refractivity contribution in [2.75, 3.05) is 18.4 Å². The number of esters is 1. The molecule has 2 fully saturated rings. The van der Waals surface area contributed by atoms with Gasteiger partial charge in [-0.05, 0) is 65.8 Å². The van der Waals surface area contributed by atoms with Gasteiger partial charge in [0.2, 0.25) is 5.60 Å². The third-order valence-corrected chi connectivity index (χ3v) is 20.3. The molecule has 1 unspecified atom stereocenters. The number of thioether (sulfide) groups is 2. The van der Waals surface area contributed by atoms with Gasteiger partial charge in [0.05, 0.1) is 11.7 Å². The molecule has 3 N–H and O–H groups in total. The number of amides is 2. The summed E-state index contributed by atoms with van der Waals surface area (Å²) < 4.78 is 6.75. The molecule has 8 aromatic carbocycles. The summed E-state index contributed by atoms with van der Waals surface area (Å²) in [4.78, 5) is 66.8. The van der Waals surface area contributed by atoms with E-state index in [2.05, 4.69) is 52.3 Å². The molecule has 448 valence electrons. The zero-order chi connectivity index (χ0) is 61.3. The number of pyridine rings is 1. The highest BCUT2D eigenvalue weighted by Crippen LogP contribution is 2.47. The second-order valence-corrected chi connectivity index (χ2v) is 26.1. The van der Waals surface area contributed by atoms with Gasteiger partial charge in [-0.3, -0.25) is 19.5 Å². The summed E-state index contributed by atoms with van der Waals surface area (Å²) in [5, 5.41) is 16.2. The molecule has 10 aromatic rings. The quantitative estimate of drug-likeness (QED) is 0.0196. The molecule has 0 saturated carbocycles. The maximum atomic E-state index is 15.9. The third kappa shape index (κ3) is 12.2. The largest absolute Gasteiger partial charge is 0.448 e. The molecule has 0 aliphatic carbocycles. The summed E-state index contributed by atoms with van der Waals surface area (Å²) in [5.74, 6) is -1.26. The number of carbonyl (C=O) groups excluding carboxylic acids is 3. The van der Waals surface area contributed by atoms with E-state index in [0.29, 0.717) is 33.9 Å². The monoisotopic (exact) mass is 1260 g/mol. The summed E-state index contributed by atoms with van der Waals surface area (Å²) in [6.07, 6.45) is 2.86. The van der Waals surface area contributed by atoms with E-state index in [-0.39, 0.29) is 21.4 Å². The average molecular weight is 1260 g/mol. The minimum absolute atomic E-state index is 0.0189. The highest BCUT2D eigenvalue weighted by Gasteiger charge is 2.55. The van der Waals surface area contributed by atoms with Crippen LogP contribution in [0.3, 0.4) is 0 Å². The number of fused-ring (bicyclic) bond motifs is 1. The van der Waals surface area contributed by atoms with Gasteiger partial charge < -0.3 is 25.5 Å². The van der Waals surface area contributed by atoms with Crippen molar-refractivity contribution in [2.45, 2.75) is 64.5 Å². The standard InChI is InChI=1S/C74H62ClN7O5S3/c75-68-64(79-72(90-68)80-73(52-30-13-3-14-31-52,53-32-15-4-16-33-53)54-34-17-5-18-35-54)65(81-87-74(55-36-19-6-20-37-55,56-38-21-7-22-39-56)57-40-23-8-24-41-57)69(83)78-63-60-43-44-62(89-61-42-25-46-77-59(61)49-88-58-45-47-76-48-58)66(82(60)70(63)84)71(85)86-67(50-26-9-1-10-27-50)51-28-11-2-12-29-51/h1-42,46,58,60,63,67,76H,43-45,47-49H2,(H,78,83)(H,79,80)/b81-65-/t58?,60-,63+/m1/s1. The van der Waals surface area contributed by atoms with Crippen molar-refractivity contribution in [3.63, 3.8) is 0 Å². The number of ether oxygens (including phenoxy) is 1. The highest BCUT2D eigenvalue weighted by atomic mass is 35.5. The zero-order valence-corrected chi connectivity index (χ0v) is 52.0. The maximum absolute atomic E-state index is 15.9. The summed E-state index contributed by atoms with van der Waals surface area (Å²) in [5.41, 5.74) is 4.81. The minimum Gasteiger partial charge on any atom is -0.448 e. The number of anilines is 1. The Labute approximate surface area is 540 Å². The van der Waals surface area contributed by atoms with Crippen LogP contribution in [0, 0.1) is 0 Å². The van der Waals surface area contributed by atoms with E-state index in [0.717, 1.165) is 85.9 Å². The Bertz CT molecular complexity index is 3940. The van der Waals surface area contributed by atoms with Crippen LogP contribution in [0.2, 0.25) is 4.34 Å². The Morgan fingerprint density at radius 1 is 0.667 bits per heavy atom. The molecule has 90 heavy (non-hydrogen) atoms. The molecule has 3 aliphatic heterocycles. The van der Waals surface area contributed by atoms with E-state index in [1.54, 1.807) is 6.20 Å². The van der Waals surface area contributed by atoms with Gasteiger partial charge in [-0.15, -0.1) is 0 Å². The van der Waals surface area contributed by atoms with E-state index in [1.165, 1.54) is 16.7 Å². The van der Waals surface area contributed by atoms with Gasteiger partial charge in [0.1, 0.15) is 27.3 Å². The Balaban J connectivity index is 0.898. The first-order valence-corrected chi connectivity index (χ1v) is 33.0. The second-order valence-electron chi connectivity index (χ2n) is 22.0. The number of oxime groups is 1. The van der Waals surface area contributed by atoms with Crippen LogP contribution in [-0.2, 0) is 40.9 Å². The molecule has 0 spiro atoms. The van der Waals surface area contributed by atoms with Crippen molar-refractivity contribution >= 4 is 75.1 Å². The number of benzene rings is 8.